The zero-order valence-corrected chi connectivity index (χ0v) is 10.1. The molecule has 0 aliphatic carbocycles. The summed E-state index contributed by atoms with van der Waals surface area (Å²) < 4.78 is 1.81. The van der Waals surface area contributed by atoms with Crippen LogP contribution >= 0.6 is 0 Å². The van der Waals surface area contributed by atoms with E-state index in [1.54, 1.807) is 13.1 Å². The zero-order valence-electron chi connectivity index (χ0n) is 10.1. The number of carboxylic acids is 1. The molecule has 0 bridgehead atoms. The van der Waals surface area contributed by atoms with E-state index in [1.807, 2.05) is 36.6 Å². The smallest absolute Gasteiger partial charge is 0.356 e. The van der Waals surface area contributed by atoms with Crippen molar-refractivity contribution in [3.05, 3.63) is 47.0 Å². The van der Waals surface area contributed by atoms with Crippen LogP contribution in [0.5, 0.6) is 0 Å². The number of hydrogen-bond acceptors (Lipinski definition) is 2. The number of aromatic nitrogens is 2. The van der Waals surface area contributed by atoms with Crippen LogP contribution in [-0.2, 0) is 0 Å². The summed E-state index contributed by atoms with van der Waals surface area (Å²) in [5.41, 5.74) is 3.27. The summed E-state index contributed by atoms with van der Waals surface area (Å²) in [4.78, 5) is 14.9. The van der Waals surface area contributed by atoms with E-state index in [1.165, 1.54) is 0 Å². The lowest BCUT2D eigenvalue weighted by Crippen LogP contribution is -1.98. The molecule has 0 saturated carbocycles. The Balaban J connectivity index is 2.60. The van der Waals surface area contributed by atoms with E-state index in [4.69, 9.17) is 5.11 Å². The molecular weight excluding hydrogens is 216 g/mol. The average molecular weight is 230 g/mol. The molecule has 0 spiro atoms. The number of nitrogens with zero attached hydrogens (tertiary/aromatic N) is 2. The molecule has 2 rings (SSSR count). The maximum atomic E-state index is 10.9. The second-order valence-electron chi connectivity index (χ2n) is 4.14. The molecule has 1 aromatic heterocycles. The molecule has 1 heterocycles. The Bertz CT molecular complexity index is 585. The first-order chi connectivity index (χ1) is 7.99. The molecule has 0 fully saturated rings. The summed E-state index contributed by atoms with van der Waals surface area (Å²) in [6, 6.07) is 6.07. The van der Waals surface area contributed by atoms with E-state index in [0.29, 0.717) is 5.82 Å². The highest BCUT2D eigenvalue weighted by molar-refractivity contribution is 5.85. The molecule has 0 aliphatic heterocycles. The minimum Gasteiger partial charge on any atom is -0.476 e. The van der Waals surface area contributed by atoms with E-state index < -0.39 is 5.97 Å². The van der Waals surface area contributed by atoms with Crippen molar-refractivity contribution in [3.8, 4) is 5.69 Å². The summed E-state index contributed by atoms with van der Waals surface area (Å²) in [7, 11) is 0. The molecular formula is C13H14N2O2. The first-order valence-electron chi connectivity index (χ1n) is 5.36. The van der Waals surface area contributed by atoms with Gasteiger partial charge in [-0.05, 0) is 38.0 Å². The van der Waals surface area contributed by atoms with Crippen LogP contribution in [0.15, 0.2) is 24.4 Å². The molecule has 0 amide bonds. The Morgan fingerprint density at radius 2 is 2.00 bits per heavy atom. The normalized spacial score (nSPS) is 10.5. The van der Waals surface area contributed by atoms with E-state index in [9.17, 15) is 4.79 Å². The second kappa shape index (κ2) is 4.05. The third kappa shape index (κ3) is 2.06. The number of carbonyl (C=O) groups is 1. The highest BCUT2D eigenvalue weighted by Gasteiger charge is 2.12. The number of rotatable bonds is 2. The number of carboxylic acid groups (broad SMARTS) is 1. The lowest BCUT2D eigenvalue weighted by atomic mass is 10.1. The van der Waals surface area contributed by atoms with Gasteiger partial charge in [0.05, 0.1) is 0 Å². The van der Waals surface area contributed by atoms with E-state index >= 15 is 0 Å². The third-order valence-electron chi connectivity index (χ3n) is 2.73. The number of aryl methyl sites for hydroxylation is 3. The largest absolute Gasteiger partial charge is 0.476 e. The minimum absolute atomic E-state index is 0.0726. The third-order valence-corrected chi connectivity index (χ3v) is 2.73. The Labute approximate surface area is 99.5 Å². The minimum atomic E-state index is -1.00. The van der Waals surface area contributed by atoms with Gasteiger partial charge >= 0.3 is 5.97 Å². The van der Waals surface area contributed by atoms with Gasteiger partial charge in [-0.1, -0.05) is 12.1 Å². The van der Waals surface area contributed by atoms with E-state index in [-0.39, 0.29) is 5.69 Å². The first-order valence-corrected chi connectivity index (χ1v) is 5.36. The van der Waals surface area contributed by atoms with Crippen molar-refractivity contribution in [1.82, 2.24) is 9.55 Å². The molecule has 1 N–H and O–H groups in total. The summed E-state index contributed by atoms with van der Waals surface area (Å²) in [6.07, 6.45) is 1.56. The van der Waals surface area contributed by atoms with Gasteiger partial charge in [0.15, 0.2) is 5.69 Å². The highest BCUT2D eigenvalue weighted by Crippen LogP contribution is 2.18. The molecule has 4 heteroatoms. The molecule has 17 heavy (non-hydrogen) atoms. The van der Waals surface area contributed by atoms with Crippen molar-refractivity contribution in [1.29, 1.82) is 0 Å². The van der Waals surface area contributed by atoms with Crippen LogP contribution in [-0.4, -0.2) is 20.6 Å². The van der Waals surface area contributed by atoms with Gasteiger partial charge in [-0.15, -0.1) is 0 Å². The van der Waals surface area contributed by atoms with Crippen molar-refractivity contribution in [2.75, 3.05) is 0 Å². The molecule has 88 valence electrons. The molecule has 0 radical (unpaired) electrons. The molecule has 2 aromatic rings. The van der Waals surface area contributed by atoms with Gasteiger partial charge in [0.2, 0.25) is 0 Å². The molecule has 1 aromatic carbocycles. The van der Waals surface area contributed by atoms with Crippen LogP contribution in [0.1, 0.15) is 27.4 Å². The van der Waals surface area contributed by atoms with Gasteiger partial charge in [-0.3, -0.25) is 0 Å². The maximum absolute atomic E-state index is 10.9. The number of benzene rings is 1. The Hall–Kier alpha value is -2.10. The predicted octanol–water partition coefficient (Wildman–Crippen LogP) is 2.50. The fourth-order valence-corrected chi connectivity index (χ4v) is 1.80. The van der Waals surface area contributed by atoms with Crippen LogP contribution in [0.2, 0.25) is 0 Å². The lowest BCUT2D eigenvalue weighted by molar-refractivity contribution is 0.0691. The molecule has 0 aliphatic rings. The van der Waals surface area contributed by atoms with E-state index in [0.717, 1.165) is 16.8 Å². The Morgan fingerprint density at radius 1 is 1.29 bits per heavy atom. The zero-order chi connectivity index (χ0) is 12.6. The standard InChI is InChI=1S/C13H14N2O2/c1-8-4-5-9(2)12(6-8)15-7-11(13(16)17)14-10(15)3/h4-7H,1-3H3,(H,16,17). The molecule has 0 unspecified atom stereocenters. The highest BCUT2D eigenvalue weighted by atomic mass is 16.4. The number of aromatic carboxylic acids is 1. The molecule has 4 nitrogen and oxygen atoms in total. The van der Waals surface area contributed by atoms with Gasteiger partial charge < -0.3 is 9.67 Å². The lowest BCUT2D eigenvalue weighted by Gasteiger charge is -2.09. The van der Waals surface area contributed by atoms with Crippen LogP contribution in [0, 0.1) is 20.8 Å². The van der Waals surface area contributed by atoms with Crippen molar-refractivity contribution in [3.63, 3.8) is 0 Å². The predicted molar refractivity (Wildman–Crippen MR) is 64.7 cm³/mol. The summed E-state index contributed by atoms with van der Waals surface area (Å²) >= 11 is 0. The fraction of sp³-hybridized carbons (Fsp3) is 0.231. The van der Waals surface area contributed by atoms with Gasteiger partial charge in [0.1, 0.15) is 5.82 Å². The topological polar surface area (TPSA) is 55.1 Å². The first kappa shape index (κ1) is 11.4. The van der Waals surface area contributed by atoms with Crippen molar-refractivity contribution < 1.29 is 9.90 Å². The van der Waals surface area contributed by atoms with Gasteiger partial charge in [-0.25, -0.2) is 9.78 Å². The molecule has 0 atom stereocenters. The molecule has 0 saturated heterocycles. The quantitative estimate of drug-likeness (QED) is 0.862. The van der Waals surface area contributed by atoms with Crippen molar-refractivity contribution >= 4 is 5.97 Å². The number of hydrogen-bond donors (Lipinski definition) is 1. The van der Waals surface area contributed by atoms with Crippen LogP contribution in [0.3, 0.4) is 0 Å². The monoisotopic (exact) mass is 230 g/mol. The van der Waals surface area contributed by atoms with Crippen LogP contribution < -0.4 is 0 Å². The van der Waals surface area contributed by atoms with Crippen LogP contribution in [0.4, 0.5) is 0 Å². The summed E-state index contributed by atoms with van der Waals surface area (Å²) in [6.45, 7) is 5.80. The Morgan fingerprint density at radius 3 is 2.59 bits per heavy atom. The van der Waals surface area contributed by atoms with Gasteiger partial charge in [-0.2, -0.15) is 0 Å². The Kier molecular flexibility index (Phi) is 2.71. The fourth-order valence-electron chi connectivity index (χ4n) is 1.80. The summed E-state index contributed by atoms with van der Waals surface area (Å²) in [5, 5.41) is 8.92. The SMILES string of the molecule is Cc1ccc(C)c(-n2cc(C(=O)O)nc2C)c1. The van der Waals surface area contributed by atoms with Crippen LogP contribution in [0.25, 0.3) is 5.69 Å². The summed E-state index contributed by atoms with van der Waals surface area (Å²) in [5.74, 6) is -0.326. The van der Waals surface area contributed by atoms with E-state index in [2.05, 4.69) is 4.98 Å². The van der Waals surface area contributed by atoms with Gasteiger partial charge in [0, 0.05) is 11.9 Å². The average Bonchev–Trinajstić information content (AvgIpc) is 2.64. The van der Waals surface area contributed by atoms with Crippen molar-refractivity contribution in [2.24, 2.45) is 0 Å². The van der Waals surface area contributed by atoms with Gasteiger partial charge in [0.25, 0.3) is 0 Å². The number of imidazole rings is 1. The maximum Gasteiger partial charge on any atom is 0.356 e. The second-order valence-corrected chi connectivity index (χ2v) is 4.14. The van der Waals surface area contributed by atoms with Crippen molar-refractivity contribution in [2.45, 2.75) is 20.8 Å².